The van der Waals surface area contributed by atoms with E-state index < -0.39 is 17.1 Å². The Labute approximate surface area is 90.1 Å². The molecule has 0 aromatic rings. The number of hydrogen-bond acceptors (Lipinski definition) is 4. The number of ether oxygens (including phenoxy) is 2. The van der Waals surface area contributed by atoms with Crippen molar-refractivity contribution in [1.82, 2.24) is 5.32 Å². The molecular weight excluding hydrogens is 198 g/mol. The molecule has 0 bridgehead atoms. The lowest BCUT2D eigenvalue weighted by atomic mass is 10.0. The molecule has 1 amide bonds. The molecule has 0 heterocycles. The van der Waals surface area contributed by atoms with Gasteiger partial charge in [-0.15, -0.1) is 0 Å². The van der Waals surface area contributed by atoms with E-state index >= 15 is 0 Å². The summed E-state index contributed by atoms with van der Waals surface area (Å²) in [5.41, 5.74) is -2.02. The molecule has 0 atom stereocenters. The fourth-order valence-electron chi connectivity index (χ4n) is 0.833. The molecule has 5 heteroatoms. The van der Waals surface area contributed by atoms with Crippen molar-refractivity contribution in [2.45, 2.75) is 38.8 Å². The maximum atomic E-state index is 11.7. The Morgan fingerprint density at radius 1 is 1.07 bits per heavy atom. The van der Waals surface area contributed by atoms with E-state index in [2.05, 4.69) is 10.1 Å². The summed E-state index contributed by atoms with van der Waals surface area (Å²) in [6.07, 6.45) is 0. The first-order valence-corrected chi connectivity index (χ1v) is 4.63. The third-order valence-electron chi connectivity index (χ3n) is 2.18. The van der Waals surface area contributed by atoms with Crippen molar-refractivity contribution >= 4 is 11.9 Å². The molecule has 5 nitrogen and oxygen atoms in total. The van der Waals surface area contributed by atoms with Crippen LogP contribution in [0.4, 0.5) is 0 Å². The molecule has 0 aliphatic carbocycles. The van der Waals surface area contributed by atoms with Gasteiger partial charge in [-0.2, -0.15) is 0 Å². The van der Waals surface area contributed by atoms with Gasteiger partial charge in [0.2, 0.25) is 0 Å². The van der Waals surface area contributed by atoms with E-state index in [-0.39, 0.29) is 5.91 Å². The molecule has 0 unspecified atom stereocenters. The fourth-order valence-corrected chi connectivity index (χ4v) is 0.833. The van der Waals surface area contributed by atoms with Crippen LogP contribution in [0, 0.1) is 0 Å². The molecule has 0 aromatic heterocycles. The molecule has 0 radical (unpaired) electrons. The maximum absolute atomic E-state index is 11.7. The van der Waals surface area contributed by atoms with Crippen LogP contribution in [-0.2, 0) is 19.1 Å². The van der Waals surface area contributed by atoms with E-state index in [1.807, 2.05) is 0 Å². The number of carbonyl (C=O) groups excluding carboxylic acids is 2. The molecule has 0 saturated heterocycles. The second kappa shape index (κ2) is 4.61. The van der Waals surface area contributed by atoms with Crippen molar-refractivity contribution in [3.05, 3.63) is 0 Å². The highest BCUT2D eigenvalue weighted by molar-refractivity contribution is 5.91. The van der Waals surface area contributed by atoms with E-state index in [9.17, 15) is 9.59 Å². The van der Waals surface area contributed by atoms with Crippen LogP contribution in [0.25, 0.3) is 0 Å². The number of amides is 1. The van der Waals surface area contributed by atoms with Crippen LogP contribution < -0.4 is 5.32 Å². The molecule has 88 valence electrons. The van der Waals surface area contributed by atoms with Crippen molar-refractivity contribution in [3.8, 4) is 0 Å². The number of nitrogens with one attached hydrogen (secondary N) is 1. The van der Waals surface area contributed by atoms with E-state index in [0.717, 1.165) is 0 Å². The van der Waals surface area contributed by atoms with Crippen molar-refractivity contribution < 1.29 is 19.1 Å². The third-order valence-corrected chi connectivity index (χ3v) is 2.18. The summed E-state index contributed by atoms with van der Waals surface area (Å²) in [5, 5.41) is 2.56. The first-order chi connectivity index (χ1) is 6.67. The average molecular weight is 217 g/mol. The van der Waals surface area contributed by atoms with E-state index in [4.69, 9.17) is 4.74 Å². The third kappa shape index (κ3) is 3.51. The van der Waals surface area contributed by atoms with Crippen molar-refractivity contribution in [3.63, 3.8) is 0 Å². The van der Waals surface area contributed by atoms with Crippen molar-refractivity contribution in [2.24, 2.45) is 0 Å². The second-order valence-electron chi connectivity index (χ2n) is 4.29. The van der Waals surface area contributed by atoms with Gasteiger partial charge in [0.25, 0.3) is 5.91 Å². The summed E-state index contributed by atoms with van der Waals surface area (Å²) >= 11 is 0. The van der Waals surface area contributed by atoms with Gasteiger partial charge in [-0.25, -0.2) is 4.79 Å². The number of carbonyl (C=O) groups is 2. The molecule has 0 spiro atoms. The lowest BCUT2D eigenvalue weighted by molar-refractivity contribution is -0.153. The van der Waals surface area contributed by atoms with Gasteiger partial charge in [-0.1, -0.05) is 0 Å². The SMILES string of the molecule is COC(=O)C(C)(C)NC(=O)C(C)(C)OC. The lowest BCUT2D eigenvalue weighted by Crippen LogP contribution is -2.56. The van der Waals surface area contributed by atoms with E-state index in [1.54, 1.807) is 27.7 Å². The monoisotopic (exact) mass is 217 g/mol. The van der Waals surface area contributed by atoms with Gasteiger partial charge < -0.3 is 14.8 Å². The first-order valence-electron chi connectivity index (χ1n) is 4.63. The van der Waals surface area contributed by atoms with Gasteiger partial charge in [0, 0.05) is 7.11 Å². The Morgan fingerprint density at radius 2 is 1.53 bits per heavy atom. The molecule has 0 aliphatic heterocycles. The molecule has 0 aromatic carbocycles. The van der Waals surface area contributed by atoms with Gasteiger partial charge >= 0.3 is 5.97 Å². The zero-order valence-electron chi connectivity index (χ0n) is 10.1. The summed E-state index contributed by atoms with van der Waals surface area (Å²) < 4.78 is 9.56. The highest BCUT2D eigenvalue weighted by Crippen LogP contribution is 2.11. The first kappa shape index (κ1) is 13.9. The largest absolute Gasteiger partial charge is 0.467 e. The van der Waals surface area contributed by atoms with Crippen LogP contribution in [0.3, 0.4) is 0 Å². The lowest BCUT2D eigenvalue weighted by Gasteiger charge is -2.29. The van der Waals surface area contributed by atoms with Gasteiger partial charge in [-0.05, 0) is 27.7 Å². The number of methoxy groups -OCH3 is 2. The average Bonchev–Trinajstić information content (AvgIpc) is 2.15. The van der Waals surface area contributed by atoms with Crippen molar-refractivity contribution in [2.75, 3.05) is 14.2 Å². The minimum atomic E-state index is -1.05. The van der Waals surface area contributed by atoms with Crippen LogP contribution in [0.1, 0.15) is 27.7 Å². The molecular formula is C10H19NO4. The normalized spacial score (nSPS) is 12.1. The summed E-state index contributed by atoms with van der Waals surface area (Å²) in [5.74, 6) is -0.858. The Morgan fingerprint density at radius 3 is 1.87 bits per heavy atom. The minimum absolute atomic E-state index is 0.361. The zero-order valence-corrected chi connectivity index (χ0v) is 10.1. The van der Waals surface area contributed by atoms with Crippen LogP contribution in [0.15, 0.2) is 0 Å². The van der Waals surface area contributed by atoms with Crippen LogP contribution in [-0.4, -0.2) is 37.2 Å². The Balaban J connectivity index is 4.61. The predicted octanol–water partition coefficient (Wildman–Crippen LogP) is 0.479. The van der Waals surface area contributed by atoms with Crippen LogP contribution in [0.2, 0.25) is 0 Å². The van der Waals surface area contributed by atoms with E-state index in [0.29, 0.717) is 0 Å². The highest BCUT2D eigenvalue weighted by atomic mass is 16.5. The second-order valence-corrected chi connectivity index (χ2v) is 4.29. The molecule has 1 N–H and O–H groups in total. The summed E-state index contributed by atoms with van der Waals surface area (Å²) in [7, 11) is 2.71. The van der Waals surface area contributed by atoms with E-state index in [1.165, 1.54) is 14.2 Å². The van der Waals surface area contributed by atoms with Crippen molar-refractivity contribution in [1.29, 1.82) is 0 Å². The number of esters is 1. The minimum Gasteiger partial charge on any atom is -0.467 e. The van der Waals surface area contributed by atoms with Gasteiger partial charge in [0.1, 0.15) is 11.1 Å². The quantitative estimate of drug-likeness (QED) is 0.696. The number of hydrogen-bond donors (Lipinski definition) is 1. The summed E-state index contributed by atoms with van der Waals surface area (Å²) in [6.45, 7) is 6.39. The molecule has 0 rings (SSSR count). The number of rotatable bonds is 4. The van der Waals surface area contributed by atoms with Gasteiger partial charge in [-0.3, -0.25) is 4.79 Å². The fraction of sp³-hybridized carbons (Fsp3) is 0.800. The molecule has 0 aliphatic rings. The van der Waals surface area contributed by atoms with Crippen LogP contribution >= 0.6 is 0 Å². The Kier molecular flexibility index (Phi) is 4.27. The van der Waals surface area contributed by atoms with Gasteiger partial charge in [0.05, 0.1) is 7.11 Å². The maximum Gasteiger partial charge on any atom is 0.330 e. The predicted molar refractivity (Wildman–Crippen MR) is 55.3 cm³/mol. The van der Waals surface area contributed by atoms with Crippen LogP contribution in [0.5, 0.6) is 0 Å². The Hall–Kier alpha value is -1.10. The Bertz CT molecular complexity index is 258. The molecule has 0 saturated carbocycles. The topological polar surface area (TPSA) is 64.6 Å². The summed E-state index contributed by atoms with van der Waals surface area (Å²) in [4.78, 5) is 23.0. The molecule has 15 heavy (non-hydrogen) atoms. The standard InChI is InChI=1S/C10H19NO4/c1-9(2,8(13)14-5)11-7(12)10(3,4)15-6/h1-6H3,(H,11,12). The molecule has 0 fully saturated rings. The highest BCUT2D eigenvalue weighted by Gasteiger charge is 2.36. The summed E-state index contributed by atoms with van der Waals surface area (Å²) in [6, 6.07) is 0. The smallest absolute Gasteiger partial charge is 0.330 e. The zero-order chi connectivity index (χ0) is 12.3. The van der Waals surface area contributed by atoms with Gasteiger partial charge in [0.15, 0.2) is 0 Å².